The van der Waals surface area contributed by atoms with Crippen molar-refractivity contribution in [1.82, 2.24) is 0 Å². The number of rotatable bonds is 1. The van der Waals surface area contributed by atoms with Crippen LogP contribution in [0.15, 0.2) is 11.6 Å². The molecule has 6 heteroatoms. The van der Waals surface area contributed by atoms with E-state index >= 15 is 0 Å². The lowest BCUT2D eigenvalue weighted by molar-refractivity contribution is -0.276. The number of aliphatic hydroxyl groups is 4. The molecule has 2 aliphatic heterocycles. The monoisotopic (exact) mass is 462 g/mol. The Morgan fingerprint density at radius 1 is 1.03 bits per heavy atom. The number of fused-ring (bicyclic) bond motifs is 7. The first-order valence-electron chi connectivity index (χ1n) is 13.2. The molecule has 33 heavy (non-hydrogen) atoms. The number of allylic oxidation sites excluding steroid dienone is 1. The average Bonchev–Trinajstić information content (AvgIpc) is 3.28. The first-order valence-corrected chi connectivity index (χ1v) is 13.2. The van der Waals surface area contributed by atoms with Gasteiger partial charge in [-0.05, 0) is 69.1 Å². The number of aliphatic hydroxyl groups excluding tert-OH is 2. The molecule has 0 amide bonds. The second-order valence-electron chi connectivity index (χ2n) is 13.2. The summed E-state index contributed by atoms with van der Waals surface area (Å²) in [5, 5.41) is 45.0. The first kappa shape index (κ1) is 22.9. The zero-order valence-electron chi connectivity index (χ0n) is 20.6. The van der Waals surface area contributed by atoms with E-state index in [4.69, 9.17) is 9.47 Å². The van der Waals surface area contributed by atoms with Gasteiger partial charge in [-0.1, -0.05) is 32.4 Å². The fourth-order valence-corrected chi connectivity index (χ4v) is 9.69. The van der Waals surface area contributed by atoms with Crippen LogP contribution >= 0.6 is 0 Å². The molecule has 1 spiro atoms. The van der Waals surface area contributed by atoms with E-state index in [9.17, 15) is 20.4 Å². The summed E-state index contributed by atoms with van der Waals surface area (Å²) in [5.74, 6) is -0.763. The molecule has 3 saturated carbocycles. The zero-order chi connectivity index (χ0) is 23.7. The van der Waals surface area contributed by atoms with Crippen LogP contribution in [0.25, 0.3) is 0 Å². The summed E-state index contributed by atoms with van der Waals surface area (Å²) in [6, 6.07) is 0. The minimum absolute atomic E-state index is 0.0186. The van der Waals surface area contributed by atoms with Crippen LogP contribution in [0.2, 0.25) is 0 Å². The van der Waals surface area contributed by atoms with Gasteiger partial charge in [-0.2, -0.15) is 0 Å². The van der Waals surface area contributed by atoms with Crippen LogP contribution in [0.1, 0.15) is 85.5 Å². The summed E-state index contributed by atoms with van der Waals surface area (Å²) in [5.41, 5.74) is -2.13. The van der Waals surface area contributed by atoms with Crippen molar-refractivity contribution in [1.29, 1.82) is 0 Å². The Bertz CT molecular complexity index is 890. The third kappa shape index (κ3) is 2.51. The SMILES string of the molecule is C[C@@H]1[C@@]2(CC[C@@](C)(CO)O2)O[C@H]2C[C@@]3(O)[C@@H]4CC=C5C[C@@H](O)CC[C@]5(C)[C@H]4CC[C@]3(C)[C@]21O. The van der Waals surface area contributed by atoms with E-state index in [-0.39, 0.29) is 30.0 Å². The van der Waals surface area contributed by atoms with Crippen molar-refractivity contribution in [2.45, 2.75) is 120 Å². The Hall–Kier alpha value is -0.500. The van der Waals surface area contributed by atoms with Crippen LogP contribution in [-0.4, -0.2) is 61.8 Å². The van der Waals surface area contributed by atoms with Gasteiger partial charge in [-0.15, -0.1) is 0 Å². The van der Waals surface area contributed by atoms with E-state index in [1.807, 2.05) is 13.8 Å². The maximum absolute atomic E-state index is 12.5. The molecule has 0 unspecified atom stereocenters. The topological polar surface area (TPSA) is 99.4 Å². The Kier molecular flexibility index (Phi) is 4.60. The Morgan fingerprint density at radius 2 is 1.79 bits per heavy atom. The minimum Gasteiger partial charge on any atom is -0.393 e. The molecule has 11 atom stereocenters. The van der Waals surface area contributed by atoms with Crippen molar-refractivity contribution >= 4 is 0 Å². The van der Waals surface area contributed by atoms with Crippen LogP contribution in [0.5, 0.6) is 0 Å². The van der Waals surface area contributed by atoms with Crippen molar-refractivity contribution < 1.29 is 29.9 Å². The van der Waals surface area contributed by atoms with Gasteiger partial charge in [0.05, 0.1) is 30.0 Å². The Morgan fingerprint density at radius 3 is 2.48 bits per heavy atom. The summed E-state index contributed by atoms with van der Waals surface area (Å²) < 4.78 is 13.0. The van der Waals surface area contributed by atoms with Gasteiger partial charge >= 0.3 is 0 Å². The number of ether oxygens (including phenoxy) is 2. The Balaban J connectivity index is 1.36. The third-order valence-corrected chi connectivity index (χ3v) is 11.9. The Labute approximate surface area is 197 Å². The highest BCUT2D eigenvalue weighted by Crippen LogP contribution is 2.73. The van der Waals surface area contributed by atoms with Gasteiger partial charge < -0.3 is 29.9 Å². The fraction of sp³-hybridized carbons (Fsp3) is 0.926. The van der Waals surface area contributed by atoms with Crippen molar-refractivity contribution in [3.8, 4) is 0 Å². The van der Waals surface area contributed by atoms with Gasteiger partial charge in [0.2, 0.25) is 0 Å². The molecule has 5 fully saturated rings. The van der Waals surface area contributed by atoms with Crippen LogP contribution in [0.3, 0.4) is 0 Å². The normalized spacial score (nSPS) is 61.9. The van der Waals surface area contributed by atoms with Gasteiger partial charge in [0, 0.05) is 24.2 Å². The van der Waals surface area contributed by atoms with Crippen molar-refractivity contribution in [2.75, 3.05) is 6.61 Å². The lowest BCUT2D eigenvalue weighted by Gasteiger charge is -2.62. The number of hydrogen-bond acceptors (Lipinski definition) is 6. The highest BCUT2D eigenvalue weighted by molar-refractivity contribution is 5.33. The van der Waals surface area contributed by atoms with E-state index in [1.54, 1.807) is 0 Å². The van der Waals surface area contributed by atoms with Crippen molar-refractivity contribution in [2.24, 2.45) is 28.6 Å². The van der Waals surface area contributed by atoms with Gasteiger partial charge in [-0.3, -0.25) is 0 Å². The van der Waals surface area contributed by atoms with Crippen LogP contribution in [0, 0.1) is 28.6 Å². The molecule has 4 aliphatic carbocycles. The maximum atomic E-state index is 12.5. The van der Waals surface area contributed by atoms with Gasteiger partial charge in [-0.25, -0.2) is 0 Å². The molecule has 6 rings (SSSR count). The van der Waals surface area contributed by atoms with Crippen LogP contribution < -0.4 is 0 Å². The largest absolute Gasteiger partial charge is 0.393 e. The molecule has 6 aliphatic rings. The molecule has 0 aromatic carbocycles. The van der Waals surface area contributed by atoms with E-state index in [2.05, 4.69) is 19.9 Å². The van der Waals surface area contributed by atoms with Gasteiger partial charge in [0.15, 0.2) is 5.79 Å². The second-order valence-corrected chi connectivity index (χ2v) is 13.2. The average molecular weight is 463 g/mol. The quantitative estimate of drug-likeness (QED) is 0.447. The summed E-state index contributed by atoms with van der Waals surface area (Å²) >= 11 is 0. The second kappa shape index (κ2) is 6.63. The molecule has 6 nitrogen and oxygen atoms in total. The lowest BCUT2D eigenvalue weighted by atomic mass is 9.44. The summed E-state index contributed by atoms with van der Waals surface area (Å²) in [6.07, 6.45) is 8.41. The molecule has 0 bridgehead atoms. The first-order chi connectivity index (χ1) is 15.4. The molecule has 186 valence electrons. The van der Waals surface area contributed by atoms with Gasteiger partial charge in [0.25, 0.3) is 0 Å². The molecular formula is C27H42O6. The lowest BCUT2D eigenvalue weighted by Crippen LogP contribution is -2.66. The summed E-state index contributed by atoms with van der Waals surface area (Å²) in [6.45, 7) is 8.30. The molecule has 2 heterocycles. The highest BCUT2D eigenvalue weighted by Gasteiger charge is 2.81. The third-order valence-electron chi connectivity index (χ3n) is 11.9. The van der Waals surface area contributed by atoms with E-state index in [0.29, 0.717) is 25.2 Å². The van der Waals surface area contributed by atoms with Crippen molar-refractivity contribution in [3.05, 3.63) is 11.6 Å². The molecule has 0 radical (unpaired) electrons. The highest BCUT2D eigenvalue weighted by atomic mass is 16.7. The standard InChI is InChI=1S/C27H42O6/c1-16-26(12-11-22(2,15-28)33-26)32-21-14-25(30)20-6-5-17-13-18(29)7-9-23(17,3)19(20)8-10-24(25,4)27(16,21)31/h5,16,18-21,28-31H,6-15H2,1-4H3/t16-,18+,19+,20-,21+,22+,23+,24+,25-,26+,27-/m1/s1. The molecule has 4 N–H and O–H groups in total. The van der Waals surface area contributed by atoms with Crippen molar-refractivity contribution in [3.63, 3.8) is 0 Å². The van der Waals surface area contributed by atoms with Crippen LogP contribution in [-0.2, 0) is 9.47 Å². The van der Waals surface area contributed by atoms with E-state index in [0.717, 1.165) is 38.5 Å². The minimum atomic E-state index is -1.18. The van der Waals surface area contributed by atoms with Gasteiger partial charge in [0.1, 0.15) is 5.60 Å². The van der Waals surface area contributed by atoms with E-state index in [1.165, 1.54) is 5.57 Å². The molecular weight excluding hydrogens is 420 g/mol. The zero-order valence-corrected chi connectivity index (χ0v) is 20.6. The predicted molar refractivity (Wildman–Crippen MR) is 122 cm³/mol. The molecule has 0 aromatic rings. The number of hydrogen-bond donors (Lipinski definition) is 4. The predicted octanol–water partition coefficient (Wildman–Crippen LogP) is 3.06. The smallest absolute Gasteiger partial charge is 0.175 e. The molecule has 2 saturated heterocycles. The van der Waals surface area contributed by atoms with Crippen LogP contribution in [0.4, 0.5) is 0 Å². The maximum Gasteiger partial charge on any atom is 0.175 e. The fourth-order valence-electron chi connectivity index (χ4n) is 9.69. The van der Waals surface area contributed by atoms with E-state index < -0.39 is 34.1 Å². The molecule has 0 aromatic heterocycles. The summed E-state index contributed by atoms with van der Waals surface area (Å²) in [4.78, 5) is 0. The summed E-state index contributed by atoms with van der Waals surface area (Å²) in [7, 11) is 0.